The number of benzene rings is 1. The van der Waals surface area contributed by atoms with Crippen LogP contribution in [-0.4, -0.2) is 12.8 Å². The molecule has 2 radical (unpaired) electrons. The van der Waals surface area contributed by atoms with Gasteiger partial charge in [0, 0.05) is 14.8 Å². The summed E-state index contributed by atoms with van der Waals surface area (Å²) in [5, 5.41) is 0.829. The van der Waals surface area contributed by atoms with Crippen molar-refractivity contribution in [1.82, 2.24) is 4.98 Å². The predicted molar refractivity (Wildman–Crippen MR) is 70.3 cm³/mol. The first-order valence-corrected chi connectivity index (χ1v) is 6.10. The lowest BCUT2D eigenvalue weighted by atomic mass is 9.97. The molecular weight excluding hydrogens is 274 g/mol. The number of halogens is 3. The van der Waals surface area contributed by atoms with E-state index < -0.39 is 11.7 Å². The monoisotopic (exact) mass is 279 g/mol. The normalized spacial score (nSPS) is 12.4. The highest BCUT2D eigenvalue weighted by molar-refractivity contribution is 7.26. The maximum absolute atomic E-state index is 12.6. The lowest BCUT2D eigenvalue weighted by Crippen LogP contribution is -2.13. The van der Waals surface area contributed by atoms with Gasteiger partial charge in [0.2, 0.25) is 0 Å². The second-order valence-electron chi connectivity index (χ2n) is 4.09. The van der Waals surface area contributed by atoms with Gasteiger partial charge in [0.05, 0.1) is 10.9 Å². The summed E-state index contributed by atoms with van der Waals surface area (Å²) in [6.07, 6.45) is -3.05. The molecule has 7 heteroatoms. The van der Waals surface area contributed by atoms with Gasteiger partial charge in [0.15, 0.2) is 0 Å². The minimum atomic E-state index is -4.40. The average Bonchev–Trinajstić information content (AvgIpc) is 2.72. The summed E-state index contributed by atoms with van der Waals surface area (Å²) in [5.74, 6) is 0. The van der Waals surface area contributed by atoms with E-state index in [1.807, 2.05) is 0 Å². The highest BCUT2D eigenvalue weighted by atomic mass is 32.1. The van der Waals surface area contributed by atoms with Gasteiger partial charge in [-0.1, -0.05) is 11.5 Å². The Balaban J connectivity index is 2.45. The van der Waals surface area contributed by atoms with Gasteiger partial charge in [0.1, 0.15) is 7.85 Å². The minimum absolute atomic E-state index is 0.341. The fourth-order valence-electron chi connectivity index (χ4n) is 1.98. The summed E-state index contributed by atoms with van der Waals surface area (Å²) in [4.78, 5) is 14.2. The van der Waals surface area contributed by atoms with Crippen molar-refractivity contribution in [2.24, 2.45) is 0 Å². The molecule has 0 saturated heterocycles. The van der Waals surface area contributed by atoms with Crippen molar-refractivity contribution in [1.29, 1.82) is 0 Å². The molecule has 0 atom stereocenters. The maximum Gasteiger partial charge on any atom is 0.416 e. The van der Waals surface area contributed by atoms with Crippen LogP contribution >= 0.6 is 11.3 Å². The molecule has 0 amide bonds. The SMILES string of the molecule is [B]c1c[nH]c(=O)c2c1sc1cc(C(F)(F)F)ccc12. The van der Waals surface area contributed by atoms with Crippen LogP contribution in [0.5, 0.6) is 0 Å². The quantitative estimate of drug-likeness (QED) is 0.630. The Bertz CT molecular complexity index is 850. The summed E-state index contributed by atoms with van der Waals surface area (Å²) in [7, 11) is 5.73. The molecule has 2 heterocycles. The van der Waals surface area contributed by atoms with E-state index in [9.17, 15) is 18.0 Å². The van der Waals surface area contributed by atoms with Crippen LogP contribution in [-0.2, 0) is 6.18 Å². The molecule has 3 aromatic rings. The number of aromatic nitrogens is 1. The third-order valence-corrected chi connectivity index (χ3v) is 4.07. The van der Waals surface area contributed by atoms with Gasteiger partial charge in [-0.05, 0) is 18.3 Å². The molecule has 0 aliphatic carbocycles. The topological polar surface area (TPSA) is 32.9 Å². The molecule has 0 saturated carbocycles. The van der Waals surface area contributed by atoms with Crippen LogP contribution in [0.25, 0.3) is 20.2 Å². The highest BCUT2D eigenvalue weighted by Crippen LogP contribution is 2.36. The number of aromatic amines is 1. The Kier molecular flexibility index (Phi) is 2.50. The summed E-state index contributed by atoms with van der Waals surface area (Å²) in [5.41, 5.74) is -0.735. The molecule has 94 valence electrons. The Hall–Kier alpha value is -1.76. The first kappa shape index (κ1) is 12.3. The number of nitrogens with one attached hydrogen (secondary N) is 1. The standard InChI is InChI=1S/C12H5BF3NOS/c13-7-4-17-11(18)9-6-2-1-5(12(14,15)16)3-8(6)19-10(7)9/h1-4H,(H,17,18). The zero-order chi connectivity index (χ0) is 13.8. The van der Waals surface area contributed by atoms with E-state index in [0.29, 0.717) is 25.6 Å². The molecule has 19 heavy (non-hydrogen) atoms. The molecule has 0 unspecified atom stereocenters. The molecule has 0 spiro atoms. The van der Waals surface area contributed by atoms with E-state index in [1.165, 1.54) is 12.3 Å². The van der Waals surface area contributed by atoms with Crippen LogP contribution in [0.3, 0.4) is 0 Å². The number of rotatable bonds is 0. The van der Waals surface area contributed by atoms with Crippen molar-refractivity contribution >= 4 is 44.8 Å². The van der Waals surface area contributed by atoms with E-state index >= 15 is 0 Å². The Morgan fingerprint density at radius 3 is 2.68 bits per heavy atom. The smallest absolute Gasteiger partial charge is 0.329 e. The molecule has 0 aliphatic heterocycles. The molecule has 0 bridgehead atoms. The number of alkyl halides is 3. The molecule has 1 N–H and O–H groups in total. The van der Waals surface area contributed by atoms with Crippen molar-refractivity contribution < 1.29 is 13.2 Å². The van der Waals surface area contributed by atoms with Gasteiger partial charge in [-0.3, -0.25) is 4.79 Å². The maximum atomic E-state index is 12.6. The predicted octanol–water partition coefficient (Wildman–Crippen LogP) is 2.56. The Morgan fingerprint density at radius 1 is 1.26 bits per heavy atom. The number of fused-ring (bicyclic) bond motifs is 3. The van der Waals surface area contributed by atoms with Crippen molar-refractivity contribution in [2.45, 2.75) is 6.18 Å². The van der Waals surface area contributed by atoms with Crippen LogP contribution in [0.15, 0.2) is 29.2 Å². The van der Waals surface area contributed by atoms with E-state index in [4.69, 9.17) is 7.85 Å². The summed E-state index contributed by atoms with van der Waals surface area (Å²) < 4.78 is 38.8. The fraction of sp³-hybridized carbons (Fsp3) is 0.0833. The zero-order valence-electron chi connectivity index (χ0n) is 9.34. The second-order valence-corrected chi connectivity index (χ2v) is 5.14. The lowest BCUT2D eigenvalue weighted by molar-refractivity contribution is -0.137. The van der Waals surface area contributed by atoms with Crippen LogP contribution in [0.4, 0.5) is 13.2 Å². The Morgan fingerprint density at radius 2 is 2.00 bits per heavy atom. The van der Waals surface area contributed by atoms with Crippen molar-refractivity contribution in [3.8, 4) is 0 Å². The fourth-order valence-corrected chi connectivity index (χ4v) is 3.15. The zero-order valence-corrected chi connectivity index (χ0v) is 10.2. The Labute approximate surface area is 110 Å². The third kappa shape index (κ3) is 1.85. The van der Waals surface area contributed by atoms with Crippen LogP contribution in [0.1, 0.15) is 5.56 Å². The first-order valence-electron chi connectivity index (χ1n) is 5.28. The number of thiophene rings is 1. The van der Waals surface area contributed by atoms with Crippen LogP contribution in [0.2, 0.25) is 0 Å². The molecule has 3 rings (SSSR count). The number of pyridine rings is 1. The van der Waals surface area contributed by atoms with Crippen molar-refractivity contribution in [3.63, 3.8) is 0 Å². The summed E-state index contributed by atoms with van der Waals surface area (Å²) >= 11 is 1.09. The van der Waals surface area contributed by atoms with Gasteiger partial charge in [0.25, 0.3) is 5.56 Å². The van der Waals surface area contributed by atoms with Crippen molar-refractivity contribution in [3.05, 3.63) is 40.3 Å². The number of H-pyrrole nitrogens is 1. The molecular formula is C12H5BF3NOS. The van der Waals surface area contributed by atoms with Crippen molar-refractivity contribution in [2.75, 3.05) is 0 Å². The third-order valence-electron chi connectivity index (χ3n) is 2.87. The average molecular weight is 279 g/mol. The largest absolute Gasteiger partial charge is 0.416 e. The minimum Gasteiger partial charge on any atom is -0.329 e. The molecule has 2 nitrogen and oxygen atoms in total. The summed E-state index contributed by atoms with van der Waals surface area (Å²) in [6, 6.07) is 3.32. The van der Waals surface area contributed by atoms with Gasteiger partial charge < -0.3 is 4.98 Å². The number of hydrogen-bond donors (Lipinski definition) is 1. The summed E-state index contributed by atoms with van der Waals surface area (Å²) in [6.45, 7) is 0. The molecule has 1 aromatic carbocycles. The van der Waals surface area contributed by atoms with E-state index in [2.05, 4.69) is 4.98 Å². The number of hydrogen-bond acceptors (Lipinski definition) is 2. The van der Waals surface area contributed by atoms with Gasteiger partial charge >= 0.3 is 6.18 Å². The van der Waals surface area contributed by atoms with Crippen LogP contribution in [0, 0.1) is 0 Å². The highest BCUT2D eigenvalue weighted by Gasteiger charge is 2.30. The molecule has 0 aliphatic rings. The molecule has 0 fully saturated rings. The van der Waals surface area contributed by atoms with Gasteiger partial charge in [-0.15, -0.1) is 11.3 Å². The van der Waals surface area contributed by atoms with E-state index in [0.717, 1.165) is 23.5 Å². The molecule has 2 aromatic heterocycles. The van der Waals surface area contributed by atoms with E-state index in [-0.39, 0.29) is 5.56 Å². The first-order chi connectivity index (χ1) is 8.88. The van der Waals surface area contributed by atoms with Crippen LogP contribution < -0.4 is 11.0 Å². The lowest BCUT2D eigenvalue weighted by Gasteiger charge is -2.05. The van der Waals surface area contributed by atoms with Gasteiger partial charge in [-0.25, -0.2) is 0 Å². The second kappa shape index (κ2) is 3.87. The van der Waals surface area contributed by atoms with Gasteiger partial charge in [-0.2, -0.15) is 13.2 Å². The van der Waals surface area contributed by atoms with E-state index in [1.54, 1.807) is 0 Å².